The fraction of sp³-hybridized carbons (Fsp3) is 0.231. The van der Waals surface area contributed by atoms with Crippen molar-refractivity contribution in [3.8, 4) is 0 Å². The zero-order valence-electron chi connectivity index (χ0n) is 9.89. The van der Waals surface area contributed by atoms with Gasteiger partial charge < -0.3 is 16.6 Å². The van der Waals surface area contributed by atoms with Gasteiger partial charge >= 0.3 is 0 Å². The fourth-order valence-electron chi connectivity index (χ4n) is 1.61. The molecule has 0 spiro atoms. The van der Waals surface area contributed by atoms with Crippen molar-refractivity contribution in [2.75, 3.05) is 30.4 Å². The molecule has 0 unspecified atom stereocenters. The SMILES string of the molecule is Nc1ccc(N)c(C2=CC(=C=NCCO)CS2)c1. The molecule has 4 nitrogen and oxygen atoms in total. The molecule has 2 rings (SSSR count). The Morgan fingerprint density at radius 1 is 1.39 bits per heavy atom. The summed E-state index contributed by atoms with van der Waals surface area (Å²) in [7, 11) is 0. The summed E-state index contributed by atoms with van der Waals surface area (Å²) in [5, 5.41) is 8.64. The third-order valence-electron chi connectivity index (χ3n) is 2.47. The first-order valence-corrected chi connectivity index (χ1v) is 6.58. The van der Waals surface area contributed by atoms with Gasteiger partial charge in [0.2, 0.25) is 0 Å². The van der Waals surface area contributed by atoms with Crippen LogP contribution in [0.15, 0.2) is 34.8 Å². The number of nitrogen functional groups attached to an aromatic ring is 2. The van der Waals surface area contributed by atoms with E-state index in [1.165, 1.54) is 0 Å². The molecule has 0 bridgehead atoms. The highest BCUT2D eigenvalue weighted by Gasteiger charge is 2.14. The molecule has 0 saturated carbocycles. The highest BCUT2D eigenvalue weighted by atomic mass is 32.2. The summed E-state index contributed by atoms with van der Waals surface area (Å²) in [4.78, 5) is 5.07. The van der Waals surface area contributed by atoms with E-state index in [9.17, 15) is 0 Å². The fourth-order valence-corrected chi connectivity index (χ4v) is 2.63. The highest BCUT2D eigenvalue weighted by Crippen LogP contribution is 2.38. The first kappa shape index (κ1) is 12.8. The van der Waals surface area contributed by atoms with Gasteiger partial charge in [-0.15, -0.1) is 11.8 Å². The largest absolute Gasteiger partial charge is 0.399 e. The minimum Gasteiger partial charge on any atom is -0.399 e. The first-order chi connectivity index (χ1) is 8.70. The summed E-state index contributed by atoms with van der Waals surface area (Å²) < 4.78 is 0. The lowest BCUT2D eigenvalue weighted by atomic mass is 10.1. The van der Waals surface area contributed by atoms with E-state index in [-0.39, 0.29) is 6.61 Å². The Hall–Kier alpha value is -1.68. The summed E-state index contributed by atoms with van der Waals surface area (Å²) in [5.74, 6) is 3.75. The second kappa shape index (κ2) is 5.78. The average Bonchev–Trinajstić information content (AvgIpc) is 2.81. The van der Waals surface area contributed by atoms with Gasteiger partial charge in [0.1, 0.15) is 0 Å². The molecule has 1 aliphatic rings. The minimum atomic E-state index is 0.0478. The van der Waals surface area contributed by atoms with E-state index in [0.29, 0.717) is 12.2 Å². The third-order valence-corrected chi connectivity index (χ3v) is 3.57. The number of hydrogen-bond donors (Lipinski definition) is 3. The van der Waals surface area contributed by atoms with Gasteiger partial charge in [0, 0.05) is 33.2 Å². The molecule has 5 N–H and O–H groups in total. The number of rotatable bonds is 3. The van der Waals surface area contributed by atoms with Crippen LogP contribution in [0, 0.1) is 0 Å². The van der Waals surface area contributed by atoms with Crippen molar-refractivity contribution < 1.29 is 5.11 Å². The van der Waals surface area contributed by atoms with E-state index in [1.807, 2.05) is 18.2 Å². The van der Waals surface area contributed by atoms with Crippen LogP contribution in [0.3, 0.4) is 0 Å². The smallest absolute Gasteiger partial charge is 0.0715 e. The quantitative estimate of drug-likeness (QED) is 0.569. The molecule has 1 aromatic rings. The predicted molar refractivity (Wildman–Crippen MR) is 78.6 cm³/mol. The monoisotopic (exact) mass is 261 g/mol. The summed E-state index contributed by atoms with van der Waals surface area (Å²) in [6.45, 7) is 0.434. The normalized spacial score (nSPS) is 14.3. The molecule has 0 aliphatic carbocycles. The van der Waals surface area contributed by atoms with Gasteiger partial charge in [-0.1, -0.05) is 0 Å². The Balaban J connectivity index is 2.28. The summed E-state index contributed by atoms with van der Waals surface area (Å²) >= 11 is 1.69. The van der Waals surface area contributed by atoms with E-state index in [0.717, 1.165) is 27.5 Å². The maximum atomic E-state index is 8.64. The molecule has 0 amide bonds. The van der Waals surface area contributed by atoms with Crippen molar-refractivity contribution in [2.24, 2.45) is 4.99 Å². The number of anilines is 2. The van der Waals surface area contributed by atoms with Gasteiger partial charge in [0.05, 0.1) is 13.2 Å². The zero-order valence-corrected chi connectivity index (χ0v) is 10.7. The topological polar surface area (TPSA) is 84.6 Å². The zero-order chi connectivity index (χ0) is 13.0. The molecule has 94 valence electrons. The van der Waals surface area contributed by atoms with Crippen LogP contribution in [-0.2, 0) is 0 Å². The molecule has 1 aliphatic heterocycles. The number of benzene rings is 1. The van der Waals surface area contributed by atoms with Crippen molar-refractivity contribution in [1.29, 1.82) is 0 Å². The molecule has 0 fully saturated rings. The van der Waals surface area contributed by atoms with Gasteiger partial charge in [-0.3, -0.25) is 0 Å². The lowest BCUT2D eigenvalue weighted by molar-refractivity contribution is 0.307. The van der Waals surface area contributed by atoms with Crippen LogP contribution in [0.1, 0.15) is 5.56 Å². The average molecular weight is 261 g/mol. The molecule has 0 saturated heterocycles. The molecular formula is C13H15N3OS. The van der Waals surface area contributed by atoms with Crippen LogP contribution in [0.2, 0.25) is 0 Å². The van der Waals surface area contributed by atoms with Crippen LogP contribution in [0.4, 0.5) is 11.4 Å². The van der Waals surface area contributed by atoms with Gasteiger partial charge in [0.25, 0.3) is 0 Å². The number of allylic oxidation sites excluding steroid dienone is 1. The van der Waals surface area contributed by atoms with E-state index >= 15 is 0 Å². The Kier molecular flexibility index (Phi) is 4.10. The molecule has 1 heterocycles. The maximum Gasteiger partial charge on any atom is 0.0715 e. The number of aliphatic hydroxyl groups excluding tert-OH is 1. The van der Waals surface area contributed by atoms with Gasteiger partial charge in [0.15, 0.2) is 0 Å². The second-order valence-electron chi connectivity index (χ2n) is 3.89. The maximum absolute atomic E-state index is 8.64. The lowest BCUT2D eigenvalue weighted by Crippen LogP contribution is -1.94. The van der Waals surface area contributed by atoms with Gasteiger partial charge in [-0.25, -0.2) is 4.99 Å². The van der Waals surface area contributed by atoms with E-state index in [2.05, 4.69) is 10.9 Å². The van der Waals surface area contributed by atoms with Crippen molar-refractivity contribution in [1.82, 2.24) is 0 Å². The Morgan fingerprint density at radius 2 is 2.22 bits per heavy atom. The molecule has 5 heteroatoms. The Labute approximate surface area is 110 Å². The van der Waals surface area contributed by atoms with Crippen molar-refractivity contribution in [2.45, 2.75) is 0 Å². The van der Waals surface area contributed by atoms with E-state index < -0.39 is 0 Å². The van der Waals surface area contributed by atoms with E-state index in [1.54, 1.807) is 17.8 Å². The lowest BCUT2D eigenvalue weighted by Gasteiger charge is -2.06. The van der Waals surface area contributed by atoms with Crippen LogP contribution in [-0.4, -0.2) is 29.9 Å². The molecule has 0 radical (unpaired) electrons. The third kappa shape index (κ3) is 2.96. The number of thioether (sulfide) groups is 1. The minimum absolute atomic E-state index is 0.0478. The van der Waals surface area contributed by atoms with E-state index in [4.69, 9.17) is 16.6 Å². The summed E-state index contributed by atoms with van der Waals surface area (Å²) in [6.07, 6.45) is 2.01. The Bertz CT molecular complexity index is 545. The molecule has 0 aromatic heterocycles. The second-order valence-corrected chi connectivity index (χ2v) is 4.90. The van der Waals surface area contributed by atoms with Gasteiger partial charge in [-0.2, -0.15) is 0 Å². The van der Waals surface area contributed by atoms with Crippen LogP contribution in [0.5, 0.6) is 0 Å². The van der Waals surface area contributed by atoms with Crippen molar-refractivity contribution >= 4 is 33.9 Å². The standard InChI is InChI=1S/C13H15N3OS/c14-10-1-2-12(15)11(6-10)13-5-9(8-18-13)7-16-3-4-17/h1-2,5-6,17H,3-4,8,14-15H2. The van der Waals surface area contributed by atoms with Crippen LogP contribution < -0.4 is 11.5 Å². The molecule has 1 aromatic carbocycles. The number of aliphatic imine (C=N–C) groups is 1. The molecule has 0 atom stereocenters. The molecular weight excluding hydrogens is 246 g/mol. The number of aliphatic hydroxyl groups is 1. The van der Waals surface area contributed by atoms with Crippen molar-refractivity contribution in [3.63, 3.8) is 0 Å². The van der Waals surface area contributed by atoms with Crippen LogP contribution in [0.25, 0.3) is 4.91 Å². The van der Waals surface area contributed by atoms with Crippen LogP contribution >= 0.6 is 11.8 Å². The van der Waals surface area contributed by atoms with Gasteiger partial charge in [-0.05, 0) is 30.1 Å². The Morgan fingerprint density at radius 3 is 3.00 bits per heavy atom. The summed E-state index contributed by atoms with van der Waals surface area (Å²) in [6, 6.07) is 5.48. The summed E-state index contributed by atoms with van der Waals surface area (Å²) in [5.41, 5.74) is 15.1. The highest BCUT2D eigenvalue weighted by molar-refractivity contribution is 8.08. The number of nitrogens with zero attached hydrogens (tertiary/aromatic N) is 1. The number of nitrogens with two attached hydrogens (primary N) is 2. The van der Waals surface area contributed by atoms with Crippen molar-refractivity contribution in [3.05, 3.63) is 35.4 Å². The first-order valence-electron chi connectivity index (χ1n) is 5.60. The predicted octanol–water partition coefficient (Wildman–Crippen LogP) is 1.53. The number of hydrogen-bond acceptors (Lipinski definition) is 5. The molecule has 18 heavy (non-hydrogen) atoms.